The summed E-state index contributed by atoms with van der Waals surface area (Å²) < 4.78 is 41.3. The topological polar surface area (TPSA) is 29.3 Å². The van der Waals surface area contributed by atoms with Crippen LogP contribution in [-0.4, -0.2) is 6.54 Å². The summed E-state index contributed by atoms with van der Waals surface area (Å²) in [5.74, 6) is -2.27. The largest absolute Gasteiger partial charge is 0.338 e. The summed E-state index contributed by atoms with van der Waals surface area (Å²) in [7, 11) is 0. The van der Waals surface area contributed by atoms with Crippen LogP contribution in [0, 0.1) is 17.5 Å². The molecule has 2 aromatic carbocycles. The lowest BCUT2D eigenvalue weighted by molar-refractivity contribution is 0.499. The second-order valence-electron chi connectivity index (χ2n) is 4.75. The number of halogens is 3. The van der Waals surface area contributed by atoms with E-state index < -0.39 is 17.5 Å². The molecule has 0 saturated carbocycles. The van der Waals surface area contributed by atoms with E-state index in [0.29, 0.717) is 18.7 Å². The quantitative estimate of drug-likeness (QED) is 0.913. The Morgan fingerprint density at radius 2 is 1.80 bits per heavy atom. The molecule has 0 fully saturated rings. The molecular weight excluding hydrogens is 265 g/mol. The van der Waals surface area contributed by atoms with Crippen LogP contribution in [0.1, 0.15) is 11.1 Å². The summed E-state index contributed by atoms with van der Waals surface area (Å²) >= 11 is 0. The average molecular weight is 278 g/mol. The zero-order chi connectivity index (χ0) is 14.3. The molecule has 1 aliphatic rings. The number of fused-ring (bicyclic) bond motifs is 1. The van der Waals surface area contributed by atoms with Crippen LogP contribution in [0.15, 0.2) is 30.3 Å². The highest BCUT2D eigenvalue weighted by atomic mass is 19.2. The molecule has 0 spiro atoms. The fraction of sp³-hybridized carbons (Fsp3) is 0.200. The first-order chi connectivity index (χ1) is 9.61. The molecule has 0 aliphatic carbocycles. The zero-order valence-corrected chi connectivity index (χ0v) is 10.7. The Morgan fingerprint density at radius 1 is 1.00 bits per heavy atom. The third kappa shape index (κ3) is 1.94. The van der Waals surface area contributed by atoms with E-state index >= 15 is 0 Å². The van der Waals surface area contributed by atoms with Crippen molar-refractivity contribution in [2.24, 2.45) is 5.73 Å². The van der Waals surface area contributed by atoms with E-state index in [1.807, 2.05) is 0 Å². The second-order valence-corrected chi connectivity index (χ2v) is 4.75. The maximum atomic E-state index is 14.1. The molecule has 0 radical (unpaired) electrons. The van der Waals surface area contributed by atoms with Gasteiger partial charge in [0.15, 0.2) is 11.6 Å². The van der Waals surface area contributed by atoms with Crippen LogP contribution in [0.5, 0.6) is 0 Å². The molecule has 0 saturated heterocycles. The molecule has 0 bridgehead atoms. The van der Waals surface area contributed by atoms with Crippen molar-refractivity contribution in [3.63, 3.8) is 0 Å². The van der Waals surface area contributed by atoms with Crippen molar-refractivity contribution in [2.45, 2.75) is 13.0 Å². The molecule has 2 nitrogen and oxygen atoms in total. The molecule has 0 unspecified atom stereocenters. The Kier molecular flexibility index (Phi) is 3.14. The van der Waals surface area contributed by atoms with E-state index in [9.17, 15) is 13.2 Å². The minimum atomic E-state index is -0.940. The number of anilines is 2. The first-order valence-electron chi connectivity index (χ1n) is 6.34. The van der Waals surface area contributed by atoms with Crippen molar-refractivity contribution >= 4 is 11.4 Å². The standard InChI is InChI=1S/C15H13F3N2/c16-11-3-1-9-5-6-20(13(9)7-11)12-4-2-10(8-19)14(17)15(12)18/h1-4,7H,5-6,8,19H2. The van der Waals surface area contributed by atoms with Gasteiger partial charge in [-0.05, 0) is 30.2 Å². The first-order valence-corrected chi connectivity index (χ1v) is 6.34. The summed E-state index contributed by atoms with van der Waals surface area (Å²) in [5.41, 5.74) is 7.11. The lowest BCUT2D eigenvalue weighted by atomic mass is 10.1. The maximum Gasteiger partial charge on any atom is 0.182 e. The summed E-state index contributed by atoms with van der Waals surface area (Å²) in [6.45, 7) is 0.436. The minimum Gasteiger partial charge on any atom is -0.338 e. The SMILES string of the molecule is NCc1ccc(N2CCc3ccc(F)cc32)c(F)c1F. The van der Waals surface area contributed by atoms with Gasteiger partial charge in [0.1, 0.15) is 5.82 Å². The predicted octanol–water partition coefficient (Wildman–Crippen LogP) is 3.26. The molecule has 5 heteroatoms. The fourth-order valence-corrected chi connectivity index (χ4v) is 2.55. The third-order valence-electron chi connectivity index (χ3n) is 3.60. The van der Waals surface area contributed by atoms with E-state index in [1.165, 1.54) is 24.3 Å². The molecule has 1 heterocycles. The van der Waals surface area contributed by atoms with E-state index in [4.69, 9.17) is 5.73 Å². The van der Waals surface area contributed by atoms with Gasteiger partial charge in [-0.1, -0.05) is 12.1 Å². The first kappa shape index (κ1) is 13.0. The maximum absolute atomic E-state index is 14.1. The van der Waals surface area contributed by atoms with Crippen molar-refractivity contribution in [3.05, 3.63) is 58.9 Å². The van der Waals surface area contributed by atoms with Crippen LogP contribution < -0.4 is 10.6 Å². The highest BCUT2D eigenvalue weighted by Crippen LogP contribution is 2.37. The minimum absolute atomic E-state index is 0.0613. The van der Waals surface area contributed by atoms with Gasteiger partial charge in [-0.25, -0.2) is 13.2 Å². The predicted molar refractivity (Wildman–Crippen MR) is 71.4 cm³/mol. The van der Waals surface area contributed by atoms with E-state index in [0.717, 1.165) is 5.56 Å². The monoisotopic (exact) mass is 278 g/mol. The van der Waals surface area contributed by atoms with Crippen LogP contribution in [0.4, 0.5) is 24.5 Å². The Hall–Kier alpha value is -2.01. The summed E-state index contributed by atoms with van der Waals surface area (Å²) in [5, 5.41) is 0. The van der Waals surface area contributed by atoms with Crippen LogP contribution in [-0.2, 0) is 13.0 Å². The normalized spacial score (nSPS) is 13.7. The zero-order valence-electron chi connectivity index (χ0n) is 10.7. The van der Waals surface area contributed by atoms with Gasteiger partial charge in [0.05, 0.1) is 5.69 Å². The van der Waals surface area contributed by atoms with Crippen LogP contribution in [0.3, 0.4) is 0 Å². The van der Waals surface area contributed by atoms with E-state index in [1.54, 1.807) is 11.0 Å². The van der Waals surface area contributed by atoms with Gasteiger partial charge >= 0.3 is 0 Å². The van der Waals surface area contributed by atoms with Gasteiger partial charge in [0, 0.05) is 24.3 Å². The van der Waals surface area contributed by atoms with Crippen LogP contribution >= 0.6 is 0 Å². The van der Waals surface area contributed by atoms with Crippen molar-refractivity contribution in [1.82, 2.24) is 0 Å². The van der Waals surface area contributed by atoms with Crippen molar-refractivity contribution < 1.29 is 13.2 Å². The molecule has 0 atom stereocenters. The fourth-order valence-electron chi connectivity index (χ4n) is 2.55. The molecule has 20 heavy (non-hydrogen) atoms. The molecule has 2 N–H and O–H groups in total. The number of hydrogen-bond donors (Lipinski definition) is 1. The number of hydrogen-bond acceptors (Lipinski definition) is 2. The summed E-state index contributed by atoms with van der Waals surface area (Å²) in [6.07, 6.45) is 0.676. The summed E-state index contributed by atoms with van der Waals surface area (Å²) in [4.78, 5) is 1.59. The lowest BCUT2D eigenvalue weighted by Crippen LogP contribution is -2.16. The number of nitrogens with zero attached hydrogens (tertiary/aromatic N) is 1. The van der Waals surface area contributed by atoms with Gasteiger partial charge < -0.3 is 10.6 Å². The van der Waals surface area contributed by atoms with Gasteiger partial charge in [-0.3, -0.25) is 0 Å². The average Bonchev–Trinajstić information content (AvgIpc) is 2.85. The van der Waals surface area contributed by atoms with Gasteiger partial charge in [0.2, 0.25) is 0 Å². The highest BCUT2D eigenvalue weighted by Gasteiger charge is 2.25. The van der Waals surface area contributed by atoms with Gasteiger partial charge in [0.25, 0.3) is 0 Å². The molecule has 0 aromatic heterocycles. The Balaban J connectivity index is 2.09. The Labute approximate surface area is 114 Å². The third-order valence-corrected chi connectivity index (χ3v) is 3.60. The lowest BCUT2D eigenvalue weighted by Gasteiger charge is -2.21. The van der Waals surface area contributed by atoms with Gasteiger partial charge in [-0.15, -0.1) is 0 Å². The smallest absolute Gasteiger partial charge is 0.182 e. The van der Waals surface area contributed by atoms with Crippen LogP contribution in [0.2, 0.25) is 0 Å². The molecule has 104 valence electrons. The number of benzene rings is 2. The van der Waals surface area contributed by atoms with Crippen LogP contribution in [0.25, 0.3) is 0 Å². The molecule has 0 amide bonds. The second kappa shape index (κ2) is 4.83. The van der Waals surface area contributed by atoms with Gasteiger partial charge in [-0.2, -0.15) is 0 Å². The molecule has 1 aliphatic heterocycles. The highest BCUT2D eigenvalue weighted by molar-refractivity contribution is 5.70. The van der Waals surface area contributed by atoms with Crippen molar-refractivity contribution in [3.8, 4) is 0 Å². The number of nitrogens with two attached hydrogens (primary N) is 1. The van der Waals surface area contributed by atoms with E-state index in [-0.39, 0.29) is 17.8 Å². The Morgan fingerprint density at radius 3 is 2.55 bits per heavy atom. The molecule has 3 rings (SSSR count). The Bertz CT molecular complexity index is 670. The summed E-state index contributed by atoms with van der Waals surface area (Å²) in [6, 6.07) is 7.34. The number of rotatable bonds is 2. The molecule has 2 aromatic rings. The molecular formula is C15H13F3N2. The van der Waals surface area contributed by atoms with E-state index in [2.05, 4.69) is 0 Å². The van der Waals surface area contributed by atoms with Crippen molar-refractivity contribution in [2.75, 3.05) is 11.4 Å². The van der Waals surface area contributed by atoms with Crippen molar-refractivity contribution in [1.29, 1.82) is 0 Å².